The Morgan fingerprint density at radius 2 is 2.24 bits per heavy atom. The molecule has 1 spiro atoms. The van der Waals surface area contributed by atoms with E-state index in [1.54, 1.807) is 6.26 Å². The quantitative estimate of drug-likeness (QED) is 0.921. The van der Waals surface area contributed by atoms with Crippen LogP contribution in [0, 0.1) is 0 Å². The third-order valence-electron chi connectivity index (χ3n) is 4.33. The Kier molecular flexibility index (Phi) is 3.84. The van der Waals surface area contributed by atoms with Gasteiger partial charge in [-0.25, -0.2) is 0 Å². The van der Waals surface area contributed by atoms with Crippen molar-refractivity contribution in [3.05, 3.63) is 34.9 Å². The Morgan fingerprint density at radius 3 is 2.81 bits per heavy atom. The summed E-state index contributed by atoms with van der Waals surface area (Å²) >= 11 is 6.07. The predicted octanol–water partition coefficient (Wildman–Crippen LogP) is 2.07. The molecule has 1 amide bonds. The van der Waals surface area contributed by atoms with Gasteiger partial charge in [0.15, 0.2) is 0 Å². The van der Waals surface area contributed by atoms with Gasteiger partial charge in [0.1, 0.15) is 11.7 Å². The molecule has 1 heterocycles. The van der Waals surface area contributed by atoms with E-state index in [0.717, 1.165) is 18.4 Å². The zero-order chi connectivity index (χ0) is 15.2. The largest absolute Gasteiger partial charge is 0.320 e. The minimum atomic E-state index is -0.949. The van der Waals surface area contributed by atoms with E-state index >= 15 is 0 Å². The standard InChI is InChI=1S/C15H19ClN2O2S/c1-10(21(2)20)9-18-13(11-4-3-5-12(16)8-11)17-15(6-7-15)14(18)19/h3-5,8,10,13,17H,6-7,9H2,1-2H3. The highest BCUT2D eigenvalue weighted by Crippen LogP contribution is 2.46. The lowest BCUT2D eigenvalue weighted by Crippen LogP contribution is -2.38. The number of hydrogen-bond acceptors (Lipinski definition) is 3. The number of carbonyl (C=O) groups excluding carboxylic acids is 1. The maximum absolute atomic E-state index is 12.6. The molecule has 1 saturated carbocycles. The molecule has 1 aliphatic carbocycles. The van der Waals surface area contributed by atoms with E-state index in [1.807, 2.05) is 36.1 Å². The Bertz CT molecular complexity index is 603. The average molecular weight is 327 g/mol. The monoisotopic (exact) mass is 326 g/mol. The summed E-state index contributed by atoms with van der Waals surface area (Å²) in [6.07, 6.45) is 3.26. The summed E-state index contributed by atoms with van der Waals surface area (Å²) in [5.74, 6) is 0.129. The number of rotatable bonds is 4. The van der Waals surface area contributed by atoms with Crippen LogP contribution in [0.3, 0.4) is 0 Å². The van der Waals surface area contributed by atoms with Crippen molar-refractivity contribution in [2.24, 2.45) is 0 Å². The maximum atomic E-state index is 12.6. The summed E-state index contributed by atoms with van der Waals surface area (Å²) in [4.78, 5) is 14.5. The van der Waals surface area contributed by atoms with Crippen LogP contribution in [0.15, 0.2) is 24.3 Å². The fourth-order valence-electron chi connectivity index (χ4n) is 2.79. The van der Waals surface area contributed by atoms with Gasteiger partial charge in [-0.2, -0.15) is 0 Å². The summed E-state index contributed by atoms with van der Waals surface area (Å²) in [6.45, 7) is 2.41. The van der Waals surface area contributed by atoms with Crippen molar-refractivity contribution in [3.63, 3.8) is 0 Å². The van der Waals surface area contributed by atoms with Gasteiger partial charge >= 0.3 is 0 Å². The molecule has 1 saturated heterocycles. The lowest BCUT2D eigenvalue weighted by Gasteiger charge is -2.26. The van der Waals surface area contributed by atoms with Crippen molar-refractivity contribution in [1.29, 1.82) is 0 Å². The number of amides is 1. The number of nitrogens with one attached hydrogen (secondary N) is 1. The molecule has 21 heavy (non-hydrogen) atoms. The highest BCUT2D eigenvalue weighted by atomic mass is 35.5. The molecule has 3 unspecified atom stereocenters. The summed E-state index contributed by atoms with van der Waals surface area (Å²) in [7, 11) is -0.949. The molecule has 3 atom stereocenters. The van der Waals surface area contributed by atoms with Crippen LogP contribution >= 0.6 is 11.6 Å². The molecule has 4 nitrogen and oxygen atoms in total. The maximum Gasteiger partial charge on any atom is 0.244 e. The second-order valence-electron chi connectivity index (χ2n) is 5.95. The molecule has 0 radical (unpaired) electrons. The normalized spacial score (nSPS) is 26.1. The molecule has 0 bridgehead atoms. The van der Waals surface area contributed by atoms with Gasteiger partial charge in [-0.05, 0) is 37.5 Å². The SMILES string of the molecule is CC(CN1C(=O)C2(CC2)NC1c1cccc(Cl)c1)S(C)=O. The second-order valence-corrected chi connectivity index (χ2v) is 8.19. The average Bonchev–Trinajstić information content (AvgIpc) is 3.17. The van der Waals surface area contributed by atoms with Crippen LogP contribution in [0.4, 0.5) is 0 Å². The fourth-order valence-corrected chi connectivity index (χ4v) is 3.36. The molecule has 2 aliphatic rings. The van der Waals surface area contributed by atoms with Gasteiger partial charge in [0, 0.05) is 33.9 Å². The first kappa shape index (κ1) is 15.0. The van der Waals surface area contributed by atoms with E-state index in [1.165, 1.54) is 0 Å². The van der Waals surface area contributed by atoms with Crippen molar-refractivity contribution in [3.8, 4) is 0 Å². The minimum absolute atomic E-state index is 0.0497. The highest BCUT2D eigenvalue weighted by molar-refractivity contribution is 7.84. The topological polar surface area (TPSA) is 49.4 Å². The summed E-state index contributed by atoms with van der Waals surface area (Å²) < 4.78 is 11.6. The third kappa shape index (κ3) is 2.74. The first-order valence-electron chi connectivity index (χ1n) is 7.09. The van der Waals surface area contributed by atoms with Crippen molar-refractivity contribution in [1.82, 2.24) is 10.2 Å². The van der Waals surface area contributed by atoms with Gasteiger partial charge in [-0.3, -0.25) is 14.3 Å². The first-order chi connectivity index (χ1) is 9.93. The van der Waals surface area contributed by atoms with Gasteiger partial charge in [-0.15, -0.1) is 0 Å². The number of nitrogens with zero attached hydrogens (tertiary/aromatic N) is 1. The lowest BCUT2D eigenvalue weighted by atomic mass is 10.1. The number of hydrogen-bond donors (Lipinski definition) is 1. The molecule has 2 fully saturated rings. The van der Waals surface area contributed by atoms with Crippen LogP contribution in [0.1, 0.15) is 31.5 Å². The fraction of sp³-hybridized carbons (Fsp3) is 0.533. The van der Waals surface area contributed by atoms with Gasteiger partial charge in [0.05, 0.1) is 0 Å². The van der Waals surface area contributed by atoms with Crippen molar-refractivity contribution >= 4 is 28.3 Å². The van der Waals surface area contributed by atoms with Gasteiger partial charge in [0.2, 0.25) is 5.91 Å². The summed E-state index contributed by atoms with van der Waals surface area (Å²) in [6, 6.07) is 7.57. The molecule has 0 aromatic heterocycles. The van der Waals surface area contributed by atoms with E-state index in [2.05, 4.69) is 5.32 Å². The van der Waals surface area contributed by atoms with Crippen LogP contribution in [-0.2, 0) is 15.6 Å². The van der Waals surface area contributed by atoms with Gasteiger partial charge < -0.3 is 4.90 Å². The first-order valence-corrected chi connectivity index (χ1v) is 9.09. The number of carbonyl (C=O) groups is 1. The Hall–Kier alpha value is -0.910. The lowest BCUT2D eigenvalue weighted by molar-refractivity contribution is -0.130. The van der Waals surface area contributed by atoms with Crippen molar-refractivity contribution < 1.29 is 9.00 Å². The molecular weight excluding hydrogens is 308 g/mol. The second kappa shape index (κ2) is 5.38. The minimum Gasteiger partial charge on any atom is -0.320 e. The molecule has 1 aromatic carbocycles. The van der Waals surface area contributed by atoms with E-state index in [0.29, 0.717) is 11.6 Å². The molecular formula is C15H19ClN2O2S. The Morgan fingerprint density at radius 1 is 1.52 bits per heavy atom. The molecule has 6 heteroatoms. The molecule has 114 valence electrons. The van der Waals surface area contributed by atoms with Crippen LogP contribution in [0.2, 0.25) is 5.02 Å². The van der Waals surface area contributed by atoms with E-state index in [4.69, 9.17) is 11.6 Å². The van der Waals surface area contributed by atoms with Crippen LogP contribution in [-0.4, -0.2) is 38.6 Å². The molecule has 1 aromatic rings. The third-order valence-corrected chi connectivity index (χ3v) is 5.85. The summed E-state index contributed by atoms with van der Waals surface area (Å²) in [5, 5.41) is 4.06. The molecule has 3 rings (SSSR count). The predicted molar refractivity (Wildman–Crippen MR) is 84.5 cm³/mol. The number of benzene rings is 1. The molecule has 1 aliphatic heterocycles. The van der Waals surface area contributed by atoms with E-state index in [-0.39, 0.29) is 22.9 Å². The van der Waals surface area contributed by atoms with Crippen LogP contribution in [0.5, 0.6) is 0 Å². The zero-order valence-electron chi connectivity index (χ0n) is 12.1. The van der Waals surface area contributed by atoms with Gasteiger partial charge in [-0.1, -0.05) is 23.7 Å². The van der Waals surface area contributed by atoms with E-state index in [9.17, 15) is 9.00 Å². The van der Waals surface area contributed by atoms with Gasteiger partial charge in [0.25, 0.3) is 0 Å². The Balaban J connectivity index is 1.89. The van der Waals surface area contributed by atoms with Crippen LogP contribution < -0.4 is 5.32 Å². The smallest absolute Gasteiger partial charge is 0.244 e. The number of halogens is 1. The van der Waals surface area contributed by atoms with Crippen molar-refractivity contribution in [2.75, 3.05) is 12.8 Å². The zero-order valence-corrected chi connectivity index (χ0v) is 13.7. The summed E-state index contributed by atoms with van der Waals surface area (Å²) in [5.41, 5.74) is 0.593. The van der Waals surface area contributed by atoms with E-state index < -0.39 is 10.8 Å². The highest BCUT2D eigenvalue weighted by Gasteiger charge is 2.59. The van der Waals surface area contributed by atoms with Crippen molar-refractivity contribution in [2.45, 2.75) is 36.7 Å². The Labute approximate surface area is 132 Å². The van der Waals surface area contributed by atoms with Crippen LogP contribution in [0.25, 0.3) is 0 Å². The molecule has 1 N–H and O–H groups in total.